The monoisotopic (exact) mass is 451 g/mol. The average Bonchev–Trinajstić information content (AvgIpc) is 3.00. The van der Waals surface area contributed by atoms with Gasteiger partial charge in [-0.1, -0.05) is 17.7 Å². The summed E-state index contributed by atoms with van der Waals surface area (Å²) < 4.78 is 0.713. The SMILES string of the molecule is Cc1ccc(N2C[C@H](C(=O)Nc3ccc(Br)c(Cl)c3)CC2=O)cc1[N+](=O)[O-]. The van der Waals surface area contributed by atoms with Crippen molar-refractivity contribution in [2.45, 2.75) is 13.3 Å². The number of halogens is 2. The number of nitrogens with zero attached hydrogens (tertiary/aromatic N) is 2. The Morgan fingerprint density at radius 2 is 2.07 bits per heavy atom. The van der Waals surface area contributed by atoms with Crippen molar-refractivity contribution in [1.29, 1.82) is 0 Å². The van der Waals surface area contributed by atoms with Crippen molar-refractivity contribution >= 4 is 56.4 Å². The summed E-state index contributed by atoms with van der Waals surface area (Å²) in [6, 6.07) is 9.64. The second-order valence-corrected chi connectivity index (χ2v) is 7.51. The van der Waals surface area contributed by atoms with Gasteiger partial charge in [0.05, 0.1) is 21.6 Å². The first-order valence-corrected chi connectivity index (χ1v) is 9.24. The summed E-state index contributed by atoms with van der Waals surface area (Å²) in [5.41, 5.74) is 1.40. The Bertz CT molecular complexity index is 950. The van der Waals surface area contributed by atoms with E-state index in [0.717, 1.165) is 0 Å². The van der Waals surface area contributed by atoms with Gasteiger partial charge in [0.25, 0.3) is 5.69 Å². The van der Waals surface area contributed by atoms with Crippen molar-refractivity contribution in [3.05, 3.63) is 61.6 Å². The summed E-state index contributed by atoms with van der Waals surface area (Å²) in [5, 5.41) is 14.3. The molecule has 2 aromatic rings. The van der Waals surface area contributed by atoms with E-state index in [4.69, 9.17) is 11.6 Å². The fraction of sp³-hybridized carbons (Fsp3) is 0.222. The van der Waals surface area contributed by atoms with E-state index in [1.807, 2.05) is 0 Å². The molecule has 140 valence electrons. The number of benzene rings is 2. The van der Waals surface area contributed by atoms with Crippen LogP contribution in [0.2, 0.25) is 5.02 Å². The zero-order valence-electron chi connectivity index (χ0n) is 14.2. The highest BCUT2D eigenvalue weighted by atomic mass is 79.9. The Morgan fingerprint density at radius 1 is 1.33 bits per heavy atom. The van der Waals surface area contributed by atoms with Gasteiger partial charge in [-0.25, -0.2) is 0 Å². The molecule has 27 heavy (non-hydrogen) atoms. The maximum Gasteiger partial charge on any atom is 0.274 e. The first-order valence-electron chi connectivity index (χ1n) is 8.07. The number of rotatable bonds is 4. The molecule has 1 atom stereocenters. The van der Waals surface area contributed by atoms with Crippen LogP contribution >= 0.6 is 27.5 Å². The van der Waals surface area contributed by atoms with Crippen LogP contribution in [0.4, 0.5) is 17.1 Å². The lowest BCUT2D eigenvalue weighted by Gasteiger charge is -2.17. The first-order chi connectivity index (χ1) is 12.8. The molecule has 1 aliphatic heterocycles. The highest BCUT2D eigenvalue weighted by Gasteiger charge is 2.35. The van der Waals surface area contributed by atoms with Crippen LogP contribution in [0.5, 0.6) is 0 Å². The lowest BCUT2D eigenvalue weighted by Crippen LogP contribution is -2.28. The molecule has 0 spiro atoms. The van der Waals surface area contributed by atoms with Crippen LogP contribution in [0.1, 0.15) is 12.0 Å². The van der Waals surface area contributed by atoms with Crippen LogP contribution in [0.3, 0.4) is 0 Å². The van der Waals surface area contributed by atoms with Crippen molar-refractivity contribution in [1.82, 2.24) is 0 Å². The molecule has 7 nitrogen and oxygen atoms in total. The van der Waals surface area contributed by atoms with Crippen molar-refractivity contribution in [3.63, 3.8) is 0 Å². The smallest absolute Gasteiger partial charge is 0.274 e. The van der Waals surface area contributed by atoms with E-state index in [2.05, 4.69) is 21.2 Å². The number of nitro groups is 1. The van der Waals surface area contributed by atoms with E-state index < -0.39 is 10.8 Å². The van der Waals surface area contributed by atoms with Crippen LogP contribution < -0.4 is 10.2 Å². The molecule has 1 N–H and O–H groups in total. The van der Waals surface area contributed by atoms with E-state index in [1.54, 1.807) is 37.3 Å². The predicted molar refractivity (Wildman–Crippen MR) is 106 cm³/mol. The van der Waals surface area contributed by atoms with Crippen LogP contribution in [0, 0.1) is 23.0 Å². The van der Waals surface area contributed by atoms with Gasteiger partial charge in [0.2, 0.25) is 11.8 Å². The number of nitro benzene ring substituents is 1. The molecule has 0 saturated carbocycles. The van der Waals surface area contributed by atoms with Crippen LogP contribution in [0.15, 0.2) is 40.9 Å². The maximum absolute atomic E-state index is 12.5. The van der Waals surface area contributed by atoms with Crippen LogP contribution in [-0.4, -0.2) is 23.3 Å². The molecular weight excluding hydrogens is 438 g/mol. The van der Waals surface area contributed by atoms with Crippen LogP contribution in [-0.2, 0) is 9.59 Å². The normalized spacial score (nSPS) is 16.5. The molecule has 2 aromatic carbocycles. The Kier molecular flexibility index (Phi) is 5.48. The summed E-state index contributed by atoms with van der Waals surface area (Å²) in [6.07, 6.45) is 0.0395. The minimum absolute atomic E-state index is 0.0395. The molecular formula is C18H15BrClN3O4. The van der Waals surface area contributed by atoms with E-state index in [1.165, 1.54) is 11.0 Å². The number of amides is 2. The molecule has 0 aromatic heterocycles. The van der Waals surface area contributed by atoms with Crippen molar-refractivity contribution in [3.8, 4) is 0 Å². The van der Waals surface area contributed by atoms with E-state index in [0.29, 0.717) is 26.4 Å². The fourth-order valence-electron chi connectivity index (χ4n) is 2.91. The second kappa shape index (κ2) is 7.66. The summed E-state index contributed by atoms with van der Waals surface area (Å²) in [7, 11) is 0. The molecule has 0 bridgehead atoms. The summed E-state index contributed by atoms with van der Waals surface area (Å²) in [4.78, 5) is 36.9. The molecule has 1 heterocycles. The number of hydrogen-bond acceptors (Lipinski definition) is 4. The Labute approximate surface area is 168 Å². The van der Waals surface area contributed by atoms with Gasteiger partial charge in [-0.2, -0.15) is 0 Å². The molecule has 1 saturated heterocycles. The molecule has 0 radical (unpaired) electrons. The molecule has 1 aliphatic rings. The van der Waals surface area contributed by atoms with E-state index in [9.17, 15) is 19.7 Å². The third-order valence-corrected chi connectivity index (χ3v) is 5.62. The number of hydrogen-bond donors (Lipinski definition) is 1. The zero-order valence-corrected chi connectivity index (χ0v) is 16.6. The quantitative estimate of drug-likeness (QED) is 0.552. The Hall–Kier alpha value is -2.45. The van der Waals surface area contributed by atoms with Gasteiger partial charge < -0.3 is 10.2 Å². The van der Waals surface area contributed by atoms with Crippen molar-refractivity contribution in [2.24, 2.45) is 5.92 Å². The van der Waals surface area contributed by atoms with Gasteiger partial charge in [0.1, 0.15) is 0 Å². The van der Waals surface area contributed by atoms with Crippen LogP contribution in [0.25, 0.3) is 0 Å². The first kappa shape index (κ1) is 19.3. The number of carbonyl (C=O) groups excluding carboxylic acids is 2. The lowest BCUT2D eigenvalue weighted by atomic mass is 10.1. The minimum Gasteiger partial charge on any atom is -0.326 e. The summed E-state index contributed by atoms with van der Waals surface area (Å²) in [5.74, 6) is -1.10. The Morgan fingerprint density at radius 3 is 2.74 bits per heavy atom. The van der Waals surface area contributed by atoms with Gasteiger partial charge in [-0.15, -0.1) is 0 Å². The number of anilines is 2. The Balaban J connectivity index is 1.75. The van der Waals surface area contributed by atoms with Crippen molar-refractivity contribution in [2.75, 3.05) is 16.8 Å². The molecule has 9 heteroatoms. The van der Waals surface area contributed by atoms with Gasteiger partial charge >= 0.3 is 0 Å². The standard InChI is InChI=1S/C18H15BrClN3O4/c1-10-2-4-13(8-16(10)23(26)27)22-9-11(6-17(22)24)18(25)21-12-3-5-14(19)15(20)7-12/h2-5,7-8,11H,6,9H2,1H3,(H,21,25)/t11-/m1/s1. The van der Waals surface area contributed by atoms with Gasteiger partial charge in [0, 0.05) is 34.8 Å². The van der Waals surface area contributed by atoms with E-state index >= 15 is 0 Å². The predicted octanol–water partition coefficient (Wildman–Crippen LogP) is 4.31. The number of aryl methyl sites for hydroxylation is 1. The average molecular weight is 453 g/mol. The minimum atomic E-state index is -0.555. The van der Waals surface area contributed by atoms with E-state index in [-0.39, 0.29) is 30.5 Å². The fourth-order valence-corrected chi connectivity index (χ4v) is 3.34. The van der Waals surface area contributed by atoms with Gasteiger partial charge in [-0.05, 0) is 47.1 Å². The van der Waals surface area contributed by atoms with Gasteiger partial charge in [0.15, 0.2) is 0 Å². The van der Waals surface area contributed by atoms with Crippen molar-refractivity contribution < 1.29 is 14.5 Å². The molecule has 2 amide bonds. The molecule has 3 rings (SSSR count). The molecule has 0 unspecified atom stereocenters. The summed E-state index contributed by atoms with van der Waals surface area (Å²) in [6.45, 7) is 1.79. The lowest BCUT2D eigenvalue weighted by molar-refractivity contribution is -0.385. The topological polar surface area (TPSA) is 92.6 Å². The summed E-state index contributed by atoms with van der Waals surface area (Å²) >= 11 is 9.30. The van der Waals surface area contributed by atoms with Gasteiger partial charge in [-0.3, -0.25) is 19.7 Å². The third-order valence-electron chi connectivity index (χ3n) is 4.38. The number of carbonyl (C=O) groups is 2. The highest BCUT2D eigenvalue weighted by Crippen LogP contribution is 2.31. The number of nitrogens with one attached hydrogen (secondary N) is 1. The maximum atomic E-state index is 12.5. The molecule has 1 fully saturated rings. The largest absolute Gasteiger partial charge is 0.326 e. The third kappa shape index (κ3) is 4.12. The molecule has 0 aliphatic carbocycles. The zero-order chi connectivity index (χ0) is 19.7. The highest BCUT2D eigenvalue weighted by molar-refractivity contribution is 9.10. The second-order valence-electron chi connectivity index (χ2n) is 6.25.